The van der Waals surface area contributed by atoms with Crippen molar-refractivity contribution < 1.29 is 0 Å². The molecule has 0 unspecified atom stereocenters. The number of anilines is 2. The van der Waals surface area contributed by atoms with Crippen LogP contribution in [0.2, 0.25) is 0 Å². The standard InChI is InChI=1S/C11H15N5/c12-10-8-13-4-2-11(10)15-3-1-6-16-7-5-14-9-16/h2,4-5,7-9H,1,3,6,12H2,(H,13,15). The Morgan fingerprint density at radius 1 is 1.31 bits per heavy atom. The van der Waals surface area contributed by atoms with Gasteiger partial charge in [0.1, 0.15) is 0 Å². The molecule has 0 atom stereocenters. The molecule has 0 spiro atoms. The highest BCUT2D eigenvalue weighted by atomic mass is 15.0. The van der Waals surface area contributed by atoms with Crippen molar-refractivity contribution in [2.45, 2.75) is 13.0 Å². The zero-order valence-electron chi connectivity index (χ0n) is 9.00. The SMILES string of the molecule is Nc1cnccc1NCCCn1ccnc1. The number of rotatable bonds is 5. The number of nitrogens with two attached hydrogens (primary N) is 1. The van der Waals surface area contributed by atoms with E-state index in [1.165, 1.54) is 0 Å². The Labute approximate surface area is 94.3 Å². The topological polar surface area (TPSA) is 68.8 Å². The van der Waals surface area contributed by atoms with Crippen LogP contribution in [0.3, 0.4) is 0 Å². The van der Waals surface area contributed by atoms with Crippen LogP contribution in [0.1, 0.15) is 6.42 Å². The maximum Gasteiger partial charge on any atom is 0.0945 e. The van der Waals surface area contributed by atoms with Gasteiger partial charge in [-0.2, -0.15) is 0 Å². The first-order valence-corrected chi connectivity index (χ1v) is 5.25. The Balaban J connectivity index is 1.74. The van der Waals surface area contributed by atoms with Gasteiger partial charge in [0, 0.05) is 31.7 Å². The molecule has 2 heterocycles. The number of aromatic nitrogens is 3. The first kappa shape index (κ1) is 10.5. The Morgan fingerprint density at radius 2 is 2.25 bits per heavy atom. The highest BCUT2D eigenvalue weighted by molar-refractivity contribution is 5.63. The Hall–Kier alpha value is -2.04. The Bertz CT molecular complexity index is 424. The second-order valence-corrected chi connectivity index (χ2v) is 3.54. The molecule has 2 aromatic rings. The summed E-state index contributed by atoms with van der Waals surface area (Å²) in [7, 11) is 0. The summed E-state index contributed by atoms with van der Waals surface area (Å²) in [6.07, 6.45) is 9.97. The molecule has 0 fully saturated rings. The lowest BCUT2D eigenvalue weighted by Crippen LogP contribution is -2.07. The van der Waals surface area contributed by atoms with E-state index < -0.39 is 0 Å². The molecular weight excluding hydrogens is 202 g/mol. The van der Waals surface area contributed by atoms with Crippen molar-refractivity contribution in [1.29, 1.82) is 0 Å². The van der Waals surface area contributed by atoms with Gasteiger partial charge >= 0.3 is 0 Å². The summed E-state index contributed by atoms with van der Waals surface area (Å²) >= 11 is 0. The third-order valence-electron chi connectivity index (χ3n) is 2.32. The van der Waals surface area contributed by atoms with Crippen LogP contribution in [-0.4, -0.2) is 21.1 Å². The van der Waals surface area contributed by atoms with Crippen molar-refractivity contribution in [2.24, 2.45) is 0 Å². The van der Waals surface area contributed by atoms with Crippen molar-refractivity contribution in [3.05, 3.63) is 37.2 Å². The third kappa shape index (κ3) is 2.73. The summed E-state index contributed by atoms with van der Waals surface area (Å²) in [4.78, 5) is 7.92. The van der Waals surface area contributed by atoms with Gasteiger partial charge in [-0.05, 0) is 12.5 Å². The lowest BCUT2D eigenvalue weighted by atomic mass is 10.3. The minimum atomic E-state index is 0.685. The van der Waals surface area contributed by atoms with Gasteiger partial charge in [-0.15, -0.1) is 0 Å². The van der Waals surface area contributed by atoms with Crippen molar-refractivity contribution in [2.75, 3.05) is 17.6 Å². The number of imidazole rings is 1. The average molecular weight is 217 g/mol. The molecule has 0 amide bonds. The van der Waals surface area contributed by atoms with Crippen LogP contribution in [0.4, 0.5) is 11.4 Å². The normalized spacial score (nSPS) is 10.2. The third-order valence-corrected chi connectivity index (χ3v) is 2.32. The lowest BCUT2D eigenvalue weighted by molar-refractivity contribution is 0.661. The van der Waals surface area contributed by atoms with E-state index in [9.17, 15) is 0 Å². The minimum Gasteiger partial charge on any atom is -0.396 e. The predicted molar refractivity (Wildman–Crippen MR) is 64.0 cm³/mol. The molecular formula is C11H15N5. The molecule has 3 N–H and O–H groups in total. The number of aryl methyl sites for hydroxylation is 1. The summed E-state index contributed by atoms with van der Waals surface area (Å²) in [5.74, 6) is 0. The van der Waals surface area contributed by atoms with Crippen LogP contribution < -0.4 is 11.1 Å². The summed E-state index contributed by atoms with van der Waals surface area (Å²) < 4.78 is 2.05. The van der Waals surface area contributed by atoms with Crippen LogP contribution in [-0.2, 0) is 6.54 Å². The molecule has 84 valence electrons. The fraction of sp³-hybridized carbons (Fsp3) is 0.273. The molecule has 0 radical (unpaired) electrons. The van der Waals surface area contributed by atoms with Gasteiger partial charge in [-0.1, -0.05) is 0 Å². The maximum absolute atomic E-state index is 5.76. The van der Waals surface area contributed by atoms with Gasteiger partial charge in [0.15, 0.2) is 0 Å². The van der Waals surface area contributed by atoms with E-state index in [0.29, 0.717) is 5.69 Å². The van der Waals surface area contributed by atoms with Crippen molar-refractivity contribution in [3.63, 3.8) is 0 Å². The Kier molecular flexibility index (Phi) is 3.38. The highest BCUT2D eigenvalue weighted by Gasteiger charge is 1.96. The molecule has 0 aromatic carbocycles. The van der Waals surface area contributed by atoms with Gasteiger partial charge in [0.2, 0.25) is 0 Å². The molecule has 0 aliphatic rings. The smallest absolute Gasteiger partial charge is 0.0945 e. The summed E-state index contributed by atoms with van der Waals surface area (Å²) in [5.41, 5.74) is 7.39. The summed E-state index contributed by atoms with van der Waals surface area (Å²) in [5, 5.41) is 3.28. The van der Waals surface area contributed by atoms with E-state index >= 15 is 0 Å². The lowest BCUT2D eigenvalue weighted by Gasteiger charge is -2.08. The van der Waals surface area contributed by atoms with Gasteiger partial charge < -0.3 is 15.6 Å². The second kappa shape index (κ2) is 5.16. The molecule has 2 aromatic heterocycles. The van der Waals surface area contributed by atoms with Crippen LogP contribution >= 0.6 is 0 Å². The van der Waals surface area contributed by atoms with Crippen LogP contribution in [0, 0.1) is 0 Å². The quantitative estimate of drug-likeness (QED) is 0.742. The molecule has 0 saturated carbocycles. The molecule has 0 bridgehead atoms. The van der Waals surface area contributed by atoms with E-state index in [2.05, 4.69) is 19.9 Å². The largest absolute Gasteiger partial charge is 0.396 e. The van der Waals surface area contributed by atoms with Gasteiger partial charge in [0.05, 0.1) is 23.9 Å². The molecule has 5 nitrogen and oxygen atoms in total. The number of hydrogen-bond acceptors (Lipinski definition) is 4. The average Bonchev–Trinajstić information content (AvgIpc) is 2.79. The first-order valence-electron chi connectivity index (χ1n) is 5.25. The maximum atomic E-state index is 5.76. The predicted octanol–water partition coefficient (Wildman–Crippen LogP) is 1.36. The zero-order chi connectivity index (χ0) is 11.2. The van der Waals surface area contributed by atoms with Crippen molar-refractivity contribution in [3.8, 4) is 0 Å². The van der Waals surface area contributed by atoms with Crippen LogP contribution in [0.25, 0.3) is 0 Å². The number of pyridine rings is 1. The van der Waals surface area contributed by atoms with Gasteiger partial charge in [-0.25, -0.2) is 4.98 Å². The number of nitrogens with one attached hydrogen (secondary N) is 1. The van der Waals surface area contributed by atoms with E-state index in [1.807, 2.05) is 18.6 Å². The summed E-state index contributed by atoms with van der Waals surface area (Å²) in [6.45, 7) is 1.84. The molecule has 16 heavy (non-hydrogen) atoms. The number of nitrogen functional groups attached to an aromatic ring is 1. The van der Waals surface area contributed by atoms with Gasteiger partial charge in [0.25, 0.3) is 0 Å². The first-order chi connectivity index (χ1) is 7.86. The summed E-state index contributed by atoms with van der Waals surface area (Å²) in [6, 6.07) is 1.88. The fourth-order valence-electron chi connectivity index (χ4n) is 1.47. The Morgan fingerprint density at radius 3 is 3.00 bits per heavy atom. The molecule has 0 aliphatic carbocycles. The molecule has 0 saturated heterocycles. The number of nitrogens with zero attached hydrogens (tertiary/aromatic N) is 3. The second-order valence-electron chi connectivity index (χ2n) is 3.54. The van der Waals surface area contributed by atoms with Crippen LogP contribution in [0.5, 0.6) is 0 Å². The molecule has 2 rings (SSSR count). The molecule has 5 heteroatoms. The molecule has 0 aliphatic heterocycles. The van der Waals surface area contributed by atoms with Crippen LogP contribution in [0.15, 0.2) is 37.2 Å². The van der Waals surface area contributed by atoms with Crippen molar-refractivity contribution in [1.82, 2.24) is 14.5 Å². The monoisotopic (exact) mass is 217 g/mol. The van der Waals surface area contributed by atoms with E-state index in [4.69, 9.17) is 5.73 Å². The number of hydrogen-bond donors (Lipinski definition) is 2. The van der Waals surface area contributed by atoms with Gasteiger partial charge in [-0.3, -0.25) is 4.98 Å². The minimum absolute atomic E-state index is 0.685. The highest BCUT2D eigenvalue weighted by Crippen LogP contribution is 2.14. The van der Waals surface area contributed by atoms with E-state index in [-0.39, 0.29) is 0 Å². The van der Waals surface area contributed by atoms with E-state index in [1.54, 1.807) is 18.6 Å². The zero-order valence-corrected chi connectivity index (χ0v) is 9.00. The fourth-order valence-corrected chi connectivity index (χ4v) is 1.47. The van der Waals surface area contributed by atoms with Crippen molar-refractivity contribution >= 4 is 11.4 Å². The van der Waals surface area contributed by atoms with E-state index in [0.717, 1.165) is 25.2 Å².